The van der Waals surface area contributed by atoms with Crippen molar-refractivity contribution in [2.24, 2.45) is 0 Å². The van der Waals surface area contributed by atoms with Crippen LogP contribution in [0.15, 0.2) is 12.1 Å². The number of rotatable bonds is 5. The Morgan fingerprint density at radius 3 is 2.59 bits per heavy atom. The SMILES string of the molecule is O=C(NCCN1CCNCC1)c1ccc(N2CCCC2)nn1. The van der Waals surface area contributed by atoms with Crippen LogP contribution in [0.25, 0.3) is 0 Å². The van der Waals surface area contributed by atoms with Crippen molar-refractivity contribution in [1.29, 1.82) is 0 Å². The molecule has 120 valence electrons. The van der Waals surface area contributed by atoms with E-state index >= 15 is 0 Å². The lowest BCUT2D eigenvalue weighted by Crippen LogP contribution is -2.46. The average Bonchev–Trinajstić information content (AvgIpc) is 3.10. The number of anilines is 1. The van der Waals surface area contributed by atoms with Crippen molar-refractivity contribution in [3.8, 4) is 0 Å². The monoisotopic (exact) mass is 304 g/mol. The van der Waals surface area contributed by atoms with E-state index in [2.05, 4.69) is 30.6 Å². The minimum Gasteiger partial charge on any atom is -0.355 e. The molecule has 2 aliphatic heterocycles. The second-order valence-corrected chi connectivity index (χ2v) is 5.82. The van der Waals surface area contributed by atoms with Crippen LogP contribution in [0.4, 0.5) is 5.82 Å². The van der Waals surface area contributed by atoms with Crippen molar-refractivity contribution in [3.63, 3.8) is 0 Å². The smallest absolute Gasteiger partial charge is 0.271 e. The number of hydrogen-bond donors (Lipinski definition) is 2. The van der Waals surface area contributed by atoms with E-state index in [1.54, 1.807) is 6.07 Å². The fraction of sp³-hybridized carbons (Fsp3) is 0.667. The molecule has 2 aliphatic rings. The van der Waals surface area contributed by atoms with Crippen LogP contribution in [0, 0.1) is 0 Å². The van der Waals surface area contributed by atoms with E-state index in [0.717, 1.165) is 51.6 Å². The maximum atomic E-state index is 12.1. The van der Waals surface area contributed by atoms with Crippen molar-refractivity contribution in [2.75, 3.05) is 57.3 Å². The fourth-order valence-corrected chi connectivity index (χ4v) is 2.91. The van der Waals surface area contributed by atoms with Gasteiger partial charge in [0.05, 0.1) is 0 Å². The summed E-state index contributed by atoms with van der Waals surface area (Å²) in [4.78, 5) is 16.6. The number of amides is 1. The Kier molecular flexibility index (Phi) is 5.18. The lowest BCUT2D eigenvalue weighted by molar-refractivity contribution is 0.0941. The molecule has 1 aromatic heterocycles. The zero-order chi connectivity index (χ0) is 15.2. The van der Waals surface area contributed by atoms with Crippen LogP contribution in [0.1, 0.15) is 23.3 Å². The topological polar surface area (TPSA) is 73.4 Å². The van der Waals surface area contributed by atoms with Gasteiger partial charge in [0.1, 0.15) is 0 Å². The molecule has 0 aromatic carbocycles. The van der Waals surface area contributed by atoms with Crippen LogP contribution in [0.2, 0.25) is 0 Å². The van der Waals surface area contributed by atoms with Crippen LogP contribution in [-0.2, 0) is 0 Å². The molecular formula is C15H24N6O. The Bertz CT molecular complexity index is 479. The van der Waals surface area contributed by atoms with Gasteiger partial charge in [-0.2, -0.15) is 0 Å². The van der Waals surface area contributed by atoms with Crippen molar-refractivity contribution < 1.29 is 4.79 Å². The number of hydrogen-bond acceptors (Lipinski definition) is 6. The molecule has 2 saturated heterocycles. The van der Waals surface area contributed by atoms with Gasteiger partial charge in [0.25, 0.3) is 5.91 Å². The number of piperazine rings is 1. The minimum absolute atomic E-state index is 0.143. The van der Waals surface area contributed by atoms with Crippen LogP contribution in [0.5, 0.6) is 0 Å². The molecule has 7 heteroatoms. The van der Waals surface area contributed by atoms with E-state index in [9.17, 15) is 4.79 Å². The standard InChI is InChI=1S/C15H24N6O/c22-15(17-7-12-20-10-5-16-6-11-20)13-3-4-14(19-18-13)21-8-1-2-9-21/h3-4,16H,1-2,5-12H2,(H,17,22). The first-order valence-corrected chi connectivity index (χ1v) is 8.13. The quantitative estimate of drug-likeness (QED) is 0.779. The van der Waals surface area contributed by atoms with Crippen molar-refractivity contribution in [1.82, 2.24) is 25.7 Å². The minimum atomic E-state index is -0.143. The van der Waals surface area contributed by atoms with Crippen molar-refractivity contribution in [3.05, 3.63) is 17.8 Å². The Balaban J connectivity index is 1.45. The Labute approximate surface area is 131 Å². The lowest BCUT2D eigenvalue weighted by Gasteiger charge is -2.27. The van der Waals surface area contributed by atoms with Crippen LogP contribution >= 0.6 is 0 Å². The van der Waals surface area contributed by atoms with Crippen molar-refractivity contribution >= 4 is 11.7 Å². The van der Waals surface area contributed by atoms with Gasteiger partial charge in [0.15, 0.2) is 11.5 Å². The average molecular weight is 304 g/mol. The molecule has 0 unspecified atom stereocenters. The van der Waals surface area contributed by atoms with Gasteiger partial charge in [-0.25, -0.2) is 0 Å². The largest absolute Gasteiger partial charge is 0.355 e. The molecule has 2 fully saturated rings. The molecule has 1 amide bonds. The molecule has 22 heavy (non-hydrogen) atoms. The zero-order valence-electron chi connectivity index (χ0n) is 12.9. The predicted octanol–water partition coefficient (Wildman–Crippen LogP) is -0.288. The molecule has 3 rings (SSSR count). The zero-order valence-corrected chi connectivity index (χ0v) is 12.9. The van der Waals surface area contributed by atoms with Gasteiger partial charge in [-0.3, -0.25) is 9.69 Å². The van der Waals surface area contributed by atoms with Gasteiger partial charge >= 0.3 is 0 Å². The Morgan fingerprint density at radius 1 is 1.14 bits per heavy atom. The maximum absolute atomic E-state index is 12.1. The third-order valence-corrected chi connectivity index (χ3v) is 4.24. The number of aromatic nitrogens is 2. The van der Waals surface area contributed by atoms with E-state index in [0.29, 0.717) is 12.2 Å². The van der Waals surface area contributed by atoms with Gasteiger partial charge in [-0.1, -0.05) is 0 Å². The summed E-state index contributed by atoms with van der Waals surface area (Å²) < 4.78 is 0. The van der Waals surface area contributed by atoms with Crippen LogP contribution in [0.3, 0.4) is 0 Å². The Morgan fingerprint density at radius 2 is 1.91 bits per heavy atom. The van der Waals surface area contributed by atoms with Crippen molar-refractivity contribution in [2.45, 2.75) is 12.8 Å². The summed E-state index contributed by atoms with van der Waals surface area (Å²) in [5.74, 6) is 0.727. The summed E-state index contributed by atoms with van der Waals surface area (Å²) >= 11 is 0. The number of nitrogens with one attached hydrogen (secondary N) is 2. The molecule has 1 aromatic rings. The third-order valence-electron chi connectivity index (χ3n) is 4.24. The molecule has 3 heterocycles. The molecule has 0 atom stereocenters. The van der Waals surface area contributed by atoms with Gasteiger partial charge in [0.2, 0.25) is 0 Å². The van der Waals surface area contributed by atoms with Gasteiger partial charge in [-0.15, -0.1) is 10.2 Å². The summed E-state index contributed by atoms with van der Waals surface area (Å²) in [6.45, 7) is 7.73. The van der Waals surface area contributed by atoms with Crippen LogP contribution in [-0.4, -0.2) is 73.4 Å². The molecule has 0 spiro atoms. The summed E-state index contributed by atoms with van der Waals surface area (Å²) in [5.41, 5.74) is 0.392. The second-order valence-electron chi connectivity index (χ2n) is 5.82. The third kappa shape index (κ3) is 3.92. The molecule has 2 N–H and O–H groups in total. The summed E-state index contributed by atoms with van der Waals surface area (Å²) in [6.07, 6.45) is 2.41. The van der Waals surface area contributed by atoms with E-state index < -0.39 is 0 Å². The van der Waals surface area contributed by atoms with E-state index in [-0.39, 0.29) is 5.91 Å². The van der Waals surface area contributed by atoms with E-state index in [4.69, 9.17) is 0 Å². The molecule has 0 saturated carbocycles. The first-order chi connectivity index (χ1) is 10.8. The summed E-state index contributed by atoms with van der Waals surface area (Å²) in [6, 6.07) is 3.66. The van der Waals surface area contributed by atoms with E-state index in [1.807, 2.05) is 6.07 Å². The molecule has 0 bridgehead atoms. The maximum Gasteiger partial charge on any atom is 0.271 e. The molecule has 0 radical (unpaired) electrons. The predicted molar refractivity (Wildman–Crippen MR) is 85.1 cm³/mol. The summed E-state index contributed by atoms with van der Waals surface area (Å²) in [5, 5.41) is 14.5. The highest BCUT2D eigenvalue weighted by atomic mass is 16.1. The highest BCUT2D eigenvalue weighted by molar-refractivity contribution is 5.92. The van der Waals surface area contributed by atoms with E-state index in [1.165, 1.54) is 12.8 Å². The Hall–Kier alpha value is -1.73. The number of carbonyl (C=O) groups is 1. The molecule has 0 aliphatic carbocycles. The molecular weight excluding hydrogens is 280 g/mol. The molecule has 7 nitrogen and oxygen atoms in total. The second kappa shape index (κ2) is 7.51. The first-order valence-electron chi connectivity index (χ1n) is 8.13. The highest BCUT2D eigenvalue weighted by Gasteiger charge is 2.15. The lowest BCUT2D eigenvalue weighted by atomic mass is 10.3. The van der Waals surface area contributed by atoms with Gasteiger partial charge < -0.3 is 15.5 Å². The fourth-order valence-electron chi connectivity index (χ4n) is 2.91. The highest BCUT2D eigenvalue weighted by Crippen LogP contribution is 2.16. The summed E-state index contributed by atoms with van der Waals surface area (Å²) in [7, 11) is 0. The van der Waals surface area contributed by atoms with Gasteiger partial charge in [0, 0.05) is 52.4 Å². The van der Waals surface area contributed by atoms with Crippen LogP contribution < -0.4 is 15.5 Å². The first kappa shape index (κ1) is 15.2. The normalized spacial score (nSPS) is 19.4. The number of nitrogens with zero attached hydrogens (tertiary/aromatic N) is 4. The van der Waals surface area contributed by atoms with Gasteiger partial charge in [-0.05, 0) is 25.0 Å². The number of carbonyl (C=O) groups excluding carboxylic acids is 1.